The van der Waals surface area contributed by atoms with Crippen molar-refractivity contribution in [1.82, 2.24) is 4.90 Å². The van der Waals surface area contributed by atoms with Gasteiger partial charge in [-0.2, -0.15) is 0 Å². The van der Waals surface area contributed by atoms with Crippen molar-refractivity contribution in [2.24, 2.45) is 5.92 Å². The van der Waals surface area contributed by atoms with Crippen LogP contribution in [-0.4, -0.2) is 37.0 Å². The molecule has 0 radical (unpaired) electrons. The highest BCUT2D eigenvalue weighted by molar-refractivity contribution is 6.42. The lowest BCUT2D eigenvalue weighted by molar-refractivity contribution is -0.136. The summed E-state index contributed by atoms with van der Waals surface area (Å²) in [6, 6.07) is 5.69. The van der Waals surface area contributed by atoms with E-state index in [0.29, 0.717) is 16.0 Å². The molecule has 116 valence electrons. The van der Waals surface area contributed by atoms with Crippen LogP contribution in [0.5, 0.6) is 0 Å². The molecule has 0 aromatic heterocycles. The van der Waals surface area contributed by atoms with Crippen molar-refractivity contribution in [1.29, 1.82) is 0 Å². The Bertz CT molecular complexity index is 495. The Labute approximate surface area is 136 Å². The minimum Gasteiger partial charge on any atom is -0.368 e. The lowest BCUT2D eigenvalue weighted by Crippen LogP contribution is -2.50. The topological polar surface area (TPSA) is 23.6 Å². The summed E-state index contributed by atoms with van der Waals surface area (Å²) >= 11 is 12.0. The molecule has 0 unspecified atom stereocenters. The zero-order valence-electron chi connectivity index (χ0n) is 12.6. The molecule has 0 spiro atoms. The average molecular weight is 329 g/mol. The minimum atomic E-state index is 0.168. The van der Waals surface area contributed by atoms with Crippen LogP contribution in [0.2, 0.25) is 10.0 Å². The molecular formula is C16H22Cl2N2O. The molecule has 0 atom stereocenters. The Morgan fingerprint density at radius 1 is 1.10 bits per heavy atom. The van der Waals surface area contributed by atoms with Crippen molar-refractivity contribution in [3.05, 3.63) is 28.2 Å². The van der Waals surface area contributed by atoms with Crippen LogP contribution >= 0.6 is 23.2 Å². The fourth-order valence-corrected chi connectivity index (χ4v) is 3.06. The summed E-state index contributed by atoms with van der Waals surface area (Å²) in [4.78, 5) is 16.6. The number of amides is 1. The SMILES string of the molecule is CCC(CC)C(=O)N1CCN(c2ccc(Cl)c(Cl)c2)CC1. The molecule has 1 aliphatic rings. The quantitative estimate of drug-likeness (QED) is 0.831. The number of hydrogen-bond acceptors (Lipinski definition) is 2. The zero-order chi connectivity index (χ0) is 15.4. The van der Waals surface area contributed by atoms with Gasteiger partial charge >= 0.3 is 0 Å². The summed E-state index contributed by atoms with van der Waals surface area (Å²) in [5.74, 6) is 0.468. The van der Waals surface area contributed by atoms with Crippen LogP contribution in [0, 0.1) is 5.92 Å². The summed E-state index contributed by atoms with van der Waals surface area (Å²) in [6.07, 6.45) is 1.84. The fourth-order valence-electron chi connectivity index (χ4n) is 2.76. The first-order valence-corrected chi connectivity index (χ1v) is 8.31. The van der Waals surface area contributed by atoms with Crippen molar-refractivity contribution >= 4 is 34.8 Å². The van der Waals surface area contributed by atoms with Gasteiger partial charge in [0.25, 0.3) is 0 Å². The van der Waals surface area contributed by atoms with E-state index in [1.54, 1.807) is 0 Å². The summed E-state index contributed by atoms with van der Waals surface area (Å²) in [7, 11) is 0. The van der Waals surface area contributed by atoms with E-state index in [1.807, 2.05) is 23.1 Å². The van der Waals surface area contributed by atoms with E-state index in [2.05, 4.69) is 18.7 Å². The molecule has 2 rings (SSSR count). The average Bonchev–Trinajstić information content (AvgIpc) is 2.51. The van der Waals surface area contributed by atoms with Gasteiger partial charge in [-0.1, -0.05) is 37.0 Å². The van der Waals surface area contributed by atoms with Crippen LogP contribution in [-0.2, 0) is 4.79 Å². The Balaban J connectivity index is 1.96. The Morgan fingerprint density at radius 3 is 2.24 bits per heavy atom. The second-order valence-electron chi connectivity index (χ2n) is 5.42. The molecule has 1 amide bonds. The van der Waals surface area contributed by atoms with E-state index in [1.165, 1.54) is 0 Å². The number of anilines is 1. The predicted molar refractivity (Wildman–Crippen MR) is 89.3 cm³/mol. The third kappa shape index (κ3) is 3.83. The van der Waals surface area contributed by atoms with Gasteiger partial charge in [-0.15, -0.1) is 0 Å². The molecule has 1 heterocycles. The fraction of sp³-hybridized carbons (Fsp3) is 0.562. The number of hydrogen-bond donors (Lipinski definition) is 0. The molecule has 0 bridgehead atoms. The first-order chi connectivity index (χ1) is 10.1. The lowest BCUT2D eigenvalue weighted by Gasteiger charge is -2.37. The Morgan fingerprint density at radius 2 is 1.71 bits per heavy atom. The first kappa shape index (κ1) is 16.4. The number of rotatable bonds is 4. The molecule has 0 saturated carbocycles. The third-order valence-corrected chi connectivity index (χ3v) is 4.93. The molecule has 5 heteroatoms. The van der Waals surface area contributed by atoms with Gasteiger partial charge in [-0.3, -0.25) is 4.79 Å². The van der Waals surface area contributed by atoms with Gasteiger partial charge in [0.15, 0.2) is 0 Å². The monoisotopic (exact) mass is 328 g/mol. The molecule has 21 heavy (non-hydrogen) atoms. The van der Waals surface area contributed by atoms with Crippen molar-refractivity contribution in [2.75, 3.05) is 31.1 Å². The lowest BCUT2D eigenvalue weighted by atomic mass is 10.0. The zero-order valence-corrected chi connectivity index (χ0v) is 14.1. The van der Waals surface area contributed by atoms with Crippen molar-refractivity contribution in [2.45, 2.75) is 26.7 Å². The highest BCUT2D eigenvalue weighted by Crippen LogP contribution is 2.28. The van der Waals surface area contributed by atoms with E-state index in [0.717, 1.165) is 44.7 Å². The standard InChI is InChI=1S/C16H22Cl2N2O/c1-3-12(4-2)16(21)20-9-7-19(8-10-20)13-5-6-14(17)15(18)11-13/h5-6,11-12H,3-4,7-10H2,1-2H3. The maximum absolute atomic E-state index is 12.4. The van der Waals surface area contributed by atoms with Crippen molar-refractivity contribution < 1.29 is 4.79 Å². The van der Waals surface area contributed by atoms with Crippen LogP contribution in [0.3, 0.4) is 0 Å². The molecule has 3 nitrogen and oxygen atoms in total. The van der Waals surface area contributed by atoms with Crippen molar-refractivity contribution in [3.63, 3.8) is 0 Å². The van der Waals surface area contributed by atoms with Gasteiger partial charge in [0.2, 0.25) is 5.91 Å². The van der Waals surface area contributed by atoms with E-state index in [9.17, 15) is 4.79 Å². The number of piperazine rings is 1. The van der Waals surface area contributed by atoms with Crippen LogP contribution in [0.15, 0.2) is 18.2 Å². The highest BCUT2D eigenvalue weighted by Gasteiger charge is 2.25. The molecule has 0 aliphatic carbocycles. The van der Waals surface area contributed by atoms with Gasteiger partial charge in [0, 0.05) is 37.8 Å². The van der Waals surface area contributed by atoms with E-state index in [-0.39, 0.29) is 5.92 Å². The van der Waals surface area contributed by atoms with Crippen molar-refractivity contribution in [3.8, 4) is 0 Å². The van der Waals surface area contributed by atoms with Gasteiger partial charge in [-0.05, 0) is 31.0 Å². The van der Waals surface area contributed by atoms with Crippen LogP contribution in [0.4, 0.5) is 5.69 Å². The summed E-state index contributed by atoms with van der Waals surface area (Å²) in [5.41, 5.74) is 1.07. The van der Waals surface area contributed by atoms with Gasteiger partial charge in [0.1, 0.15) is 0 Å². The normalized spacial score (nSPS) is 15.7. The molecule has 1 saturated heterocycles. The molecule has 0 N–H and O–H groups in total. The largest absolute Gasteiger partial charge is 0.368 e. The van der Waals surface area contributed by atoms with Gasteiger partial charge in [0.05, 0.1) is 10.0 Å². The maximum atomic E-state index is 12.4. The minimum absolute atomic E-state index is 0.168. The molecule has 1 fully saturated rings. The second kappa shape index (κ2) is 7.37. The number of carbonyl (C=O) groups is 1. The van der Waals surface area contributed by atoms with Crippen LogP contribution in [0.25, 0.3) is 0 Å². The smallest absolute Gasteiger partial charge is 0.225 e. The summed E-state index contributed by atoms with van der Waals surface area (Å²) in [5, 5.41) is 1.15. The summed E-state index contributed by atoms with van der Waals surface area (Å²) in [6.45, 7) is 7.38. The van der Waals surface area contributed by atoms with Gasteiger partial charge in [-0.25, -0.2) is 0 Å². The van der Waals surface area contributed by atoms with E-state index < -0.39 is 0 Å². The van der Waals surface area contributed by atoms with Crippen LogP contribution in [0.1, 0.15) is 26.7 Å². The number of nitrogens with zero attached hydrogens (tertiary/aromatic N) is 2. The second-order valence-corrected chi connectivity index (χ2v) is 6.24. The molecule has 1 aromatic rings. The van der Waals surface area contributed by atoms with E-state index >= 15 is 0 Å². The van der Waals surface area contributed by atoms with Crippen LogP contribution < -0.4 is 4.90 Å². The number of halogens is 2. The Hall–Kier alpha value is -0.930. The molecule has 1 aromatic carbocycles. The van der Waals surface area contributed by atoms with E-state index in [4.69, 9.17) is 23.2 Å². The van der Waals surface area contributed by atoms with Gasteiger partial charge < -0.3 is 9.80 Å². The number of carbonyl (C=O) groups excluding carboxylic acids is 1. The highest BCUT2D eigenvalue weighted by atomic mass is 35.5. The predicted octanol–water partition coefficient (Wildman–Crippen LogP) is 4.08. The maximum Gasteiger partial charge on any atom is 0.225 e. The third-order valence-electron chi connectivity index (χ3n) is 4.19. The summed E-state index contributed by atoms with van der Waals surface area (Å²) < 4.78 is 0. The first-order valence-electron chi connectivity index (χ1n) is 7.55. The molecular weight excluding hydrogens is 307 g/mol. The molecule has 1 aliphatic heterocycles. The number of benzene rings is 1. The Kier molecular flexibility index (Phi) is 5.77.